The van der Waals surface area contributed by atoms with Crippen LogP contribution in [-0.4, -0.2) is 205 Å². The molecule has 0 radical (unpaired) electrons. The van der Waals surface area contributed by atoms with Crippen molar-refractivity contribution in [3.05, 3.63) is 0 Å². The number of carbonyl (C=O) groups is 3. The van der Waals surface area contributed by atoms with Crippen LogP contribution >= 0.6 is 0 Å². The minimum Gasteiger partial charge on any atom is -0.446 e. The number of aliphatic hydroxyl groups is 5. The van der Waals surface area contributed by atoms with Crippen molar-refractivity contribution in [2.45, 2.75) is 165 Å². The van der Waals surface area contributed by atoms with Crippen LogP contribution in [0.25, 0.3) is 0 Å². The predicted octanol–water partition coefficient (Wildman–Crippen LogP) is 1.57. The molecule has 390 valence electrons. The number of carbonyl (C=O) groups excluding carboxylic acids is 3. The monoisotopic (exact) mass is 981 g/mol. The Hall–Kier alpha value is -2.31. The third-order valence-electron chi connectivity index (χ3n) is 18.8. The van der Waals surface area contributed by atoms with E-state index in [9.17, 15) is 39.9 Å². The molecule has 0 aromatic rings. The van der Waals surface area contributed by atoms with Gasteiger partial charge in [-0.25, -0.2) is 9.59 Å². The number of amides is 2. The van der Waals surface area contributed by atoms with Crippen LogP contribution in [0.3, 0.4) is 0 Å². The lowest BCUT2D eigenvalue weighted by Crippen LogP contribution is -2.65. The lowest BCUT2D eigenvalue weighted by Gasteiger charge is -2.60. The zero-order chi connectivity index (χ0) is 48.6. The van der Waals surface area contributed by atoms with Crippen molar-refractivity contribution < 1.29 is 87.3 Å². The van der Waals surface area contributed by atoms with Gasteiger partial charge < -0.3 is 82.7 Å². The number of ether oxygens (including phenoxy) is 10. The number of hydrogen-bond acceptors (Lipinski definition) is 18. The molecule has 10 aliphatic rings. The van der Waals surface area contributed by atoms with Gasteiger partial charge in [0.1, 0.15) is 55.1 Å². The van der Waals surface area contributed by atoms with Gasteiger partial charge in [0.2, 0.25) is 0 Å². The van der Waals surface area contributed by atoms with E-state index in [4.69, 9.17) is 47.4 Å². The van der Waals surface area contributed by atoms with Crippen molar-refractivity contribution in [2.75, 3.05) is 72.4 Å². The molecule has 6 heterocycles. The van der Waals surface area contributed by atoms with Crippen LogP contribution in [0.15, 0.2) is 0 Å². The van der Waals surface area contributed by atoms with Gasteiger partial charge in [0, 0.05) is 50.9 Å². The molecule has 10 fully saturated rings. The van der Waals surface area contributed by atoms with E-state index < -0.39 is 92.6 Å². The first kappa shape index (κ1) is 50.2. The van der Waals surface area contributed by atoms with E-state index in [-0.39, 0.29) is 92.0 Å². The number of fused-ring (bicyclic) bond motifs is 7. The van der Waals surface area contributed by atoms with Crippen LogP contribution in [0, 0.1) is 52.3 Å². The fraction of sp³-hybridized carbons (Fsp3) is 0.939. The standard InChI is InChI=1S/C49H76N2O18/c1-25-7-10-49(63-23-25)26(2)35-32(69-49)20-30-29-6-5-27-19-28(8-9-47(27,3)36(29)31(53)21-48(30,35)4)64-43-39(56)37(54)41(33(22-52)65-43)67-44-40(57)38(55)42(68-46(59)51-13-17-61-18-14-51)34(66-44)24-62-45(58)50-11-15-60-16-12-50/h25-30,32-44,52,54-57H,5-24H2,1-4H3/t25-,26+,27+,28+,29+,30+,32?,33-,34-,35?,36-,37-,38-,39-,40-,41-,42-,43-,44+,47+,48+,49-/m1/s1. The van der Waals surface area contributed by atoms with E-state index in [0.717, 1.165) is 38.5 Å². The first-order valence-electron chi connectivity index (χ1n) is 25.9. The summed E-state index contributed by atoms with van der Waals surface area (Å²) in [6, 6.07) is 0. The number of aliphatic hydroxyl groups excluding tert-OH is 5. The molecule has 4 saturated carbocycles. The summed E-state index contributed by atoms with van der Waals surface area (Å²) < 4.78 is 59.9. The Morgan fingerprint density at radius 1 is 0.754 bits per heavy atom. The average Bonchev–Trinajstić information content (AvgIpc) is 3.79. The molecular weight excluding hydrogens is 905 g/mol. The molecule has 2 unspecified atom stereocenters. The largest absolute Gasteiger partial charge is 0.446 e. The number of morpholine rings is 2. The van der Waals surface area contributed by atoms with Gasteiger partial charge in [0.05, 0.1) is 51.8 Å². The first-order chi connectivity index (χ1) is 33.0. The molecule has 6 saturated heterocycles. The molecular formula is C49H76N2O18. The van der Waals surface area contributed by atoms with Gasteiger partial charge in [-0.05, 0) is 85.4 Å². The molecule has 5 N–H and O–H groups in total. The smallest absolute Gasteiger partial charge is 0.410 e. The Morgan fingerprint density at radius 3 is 2.07 bits per heavy atom. The molecule has 10 rings (SSSR count). The molecule has 0 bridgehead atoms. The second kappa shape index (κ2) is 19.8. The van der Waals surface area contributed by atoms with Crippen LogP contribution in [0.4, 0.5) is 9.59 Å². The maximum absolute atomic E-state index is 14.6. The minimum absolute atomic E-state index is 0.0560. The summed E-state index contributed by atoms with van der Waals surface area (Å²) in [5.41, 5.74) is -0.361. The van der Waals surface area contributed by atoms with Crippen LogP contribution < -0.4 is 0 Å². The zero-order valence-electron chi connectivity index (χ0n) is 40.5. The van der Waals surface area contributed by atoms with Gasteiger partial charge in [-0.2, -0.15) is 0 Å². The highest BCUT2D eigenvalue weighted by Crippen LogP contribution is 2.70. The summed E-state index contributed by atoms with van der Waals surface area (Å²) in [4.78, 5) is 43.6. The number of nitrogens with zero attached hydrogens (tertiary/aromatic N) is 2. The number of rotatable bonds is 8. The van der Waals surface area contributed by atoms with Crippen LogP contribution in [-0.2, 0) is 52.2 Å². The van der Waals surface area contributed by atoms with Crippen LogP contribution in [0.2, 0.25) is 0 Å². The second-order valence-electron chi connectivity index (χ2n) is 22.6. The summed E-state index contributed by atoms with van der Waals surface area (Å²) in [5, 5.41) is 56.5. The minimum atomic E-state index is -1.87. The fourth-order valence-corrected chi connectivity index (χ4v) is 15.1. The number of Topliss-reactive ketones (excluding diaryl/α,β-unsaturated/α-hetero) is 1. The lowest BCUT2D eigenvalue weighted by molar-refractivity contribution is -0.364. The Bertz CT molecular complexity index is 1840. The summed E-state index contributed by atoms with van der Waals surface area (Å²) in [6.45, 7) is 10.9. The Kier molecular flexibility index (Phi) is 14.4. The second-order valence-corrected chi connectivity index (χ2v) is 22.6. The van der Waals surface area contributed by atoms with Gasteiger partial charge in [0.15, 0.2) is 24.5 Å². The molecule has 1 spiro atoms. The van der Waals surface area contributed by atoms with Crippen molar-refractivity contribution in [1.82, 2.24) is 9.80 Å². The van der Waals surface area contributed by atoms with Gasteiger partial charge in [0.25, 0.3) is 0 Å². The molecule has 0 aromatic carbocycles. The first-order valence-corrected chi connectivity index (χ1v) is 25.9. The highest BCUT2D eigenvalue weighted by Gasteiger charge is 2.71. The zero-order valence-corrected chi connectivity index (χ0v) is 40.5. The third kappa shape index (κ3) is 9.04. The molecule has 20 nitrogen and oxygen atoms in total. The van der Waals surface area contributed by atoms with Crippen molar-refractivity contribution in [3.8, 4) is 0 Å². The molecule has 22 atom stereocenters. The predicted molar refractivity (Wildman–Crippen MR) is 237 cm³/mol. The number of ketones is 1. The molecule has 2 amide bonds. The van der Waals surface area contributed by atoms with E-state index in [1.54, 1.807) is 0 Å². The maximum atomic E-state index is 14.6. The maximum Gasteiger partial charge on any atom is 0.410 e. The SMILES string of the molecule is C[C@@H]1CC[C@@]2(OC1)OC1C[C@H]3[C@@H]4CC[C@H]5C[C@@H](O[C@@H]6O[C@H](CO)[C@@H](O[C@@H]7O[C@H](COC(=O)N8CCOCC8)[C@@H](OC(=O)N8CCOCC8)[C@H](O)[C@H]7O)[C@H](O)[C@H]6O)CC[C@]5(C)[C@H]4C(=O)C[C@]3(C)C1[C@@H]2C. The molecule has 4 aliphatic carbocycles. The summed E-state index contributed by atoms with van der Waals surface area (Å²) in [7, 11) is 0. The van der Waals surface area contributed by atoms with Gasteiger partial charge in [-0.15, -0.1) is 0 Å². The van der Waals surface area contributed by atoms with Crippen molar-refractivity contribution in [2.24, 2.45) is 52.3 Å². The van der Waals surface area contributed by atoms with E-state index >= 15 is 0 Å². The molecule has 0 aromatic heterocycles. The Balaban J connectivity index is 0.769. The molecule has 6 aliphatic heterocycles. The molecule has 69 heavy (non-hydrogen) atoms. The highest BCUT2D eigenvalue weighted by atomic mass is 16.8. The summed E-state index contributed by atoms with van der Waals surface area (Å²) in [5.74, 6) is 1.67. The normalized spacial score (nSPS) is 49.9. The molecule has 20 heteroatoms. The number of hydrogen-bond donors (Lipinski definition) is 5. The van der Waals surface area contributed by atoms with E-state index in [1.807, 2.05) is 0 Å². The van der Waals surface area contributed by atoms with Gasteiger partial charge in [-0.3, -0.25) is 4.79 Å². The summed E-state index contributed by atoms with van der Waals surface area (Å²) in [6.07, 6.45) is -10.2. The summed E-state index contributed by atoms with van der Waals surface area (Å²) >= 11 is 0. The lowest BCUT2D eigenvalue weighted by atomic mass is 9.44. The van der Waals surface area contributed by atoms with E-state index in [2.05, 4.69) is 27.7 Å². The van der Waals surface area contributed by atoms with Crippen molar-refractivity contribution >= 4 is 18.0 Å². The Labute approximate surface area is 403 Å². The average molecular weight is 981 g/mol. The quantitative estimate of drug-likeness (QED) is 0.217. The van der Waals surface area contributed by atoms with E-state index in [1.165, 1.54) is 9.80 Å². The third-order valence-corrected chi connectivity index (χ3v) is 18.8. The van der Waals surface area contributed by atoms with Crippen LogP contribution in [0.5, 0.6) is 0 Å². The van der Waals surface area contributed by atoms with Crippen molar-refractivity contribution in [3.63, 3.8) is 0 Å². The highest BCUT2D eigenvalue weighted by molar-refractivity contribution is 5.84. The topological polar surface area (TPSA) is 251 Å². The Morgan fingerprint density at radius 2 is 1.41 bits per heavy atom. The van der Waals surface area contributed by atoms with Gasteiger partial charge in [-0.1, -0.05) is 27.7 Å². The van der Waals surface area contributed by atoms with Crippen LogP contribution in [0.1, 0.15) is 85.5 Å². The van der Waals surface area contributed by atoms with Crippen molar-refractivity contribution in [1.29, 1.82) is 0 Å². The fourth-order valence-electron chi connectivity index (χ4n) is 15.1. The van der Waals surface area contributed by atoms with Gasteiger partial charge >= 0.3 is 12.2 Å². The van der Waals surface area contributed by atoms with E-state index in [0.29, 0.717) is 56.7 Å².